The highest BCUT2D eigenvalue weighted by Gasteiger charge is 2.31. The van der Waals surface area contributed by atoms with E-state index in [0.29, 0.717) is 11.4 Å². The molecule has 5 nitrogen and oxygen atoms in total. The van der Waals surface area contributed by atoms with Gasteiger partial charge < -0.3 is 10.3 Å². The minimum Gasteiger partial charge on any atom is -0.347 e. The van der Waals surface area contributed by atoms with E-state index in [9.17, 15) is 8.42 Å². The lowest BCUT2D eigenvalue weighted by Crippen LogP contribution is -2.51. The quantitative estimate of drug-likeness (QED) is 0.901. The normalized spacial score (nSPS) is 18.4. The van der Waals surface area contributed by atoms with Crippen LogP contribution in [0.3, 0.4) is 0 Å². The highest BCUT2D eigenvalue weighted by Crippen LogP contribution is 2.30. The highest BCUT2D eigenvalue weighted by atomic mass is 32.2. The zero-order valence-corrected chi connectivity index (χ0v) is 14.6. The fourth-order valence-corrected chi connectivity index (χ4v) is 5.18. The van der Waals surface area contributed by atoms with Crippen molar-refractivity contribution in [2.45, 2.75) is 49.5 Å². The van der Waals surface area contributed by atoms with Crippen LogP contribution in [0.4, 0.5) is 0 Å². The molecule has 2 aromatic rings. The molecule has 0 amide bonds. The molecule has 6 heteroatoms. The van der Waals surface area contributed by atoms with E-state index in [2.05, 4.69) is 4.72 Å². The van der Waals surface area contributed by atoms with E-state index in [1.54, 1.807) is 0 Å². The van der Waals surface area contributed by atoms with Crippen LogP contribution in [0.25, 0.3) is 10.9 Å². The third-order valence-electron chi connectivity index (χ3n) is 5.07. The molecule has 0 aliphatic heterocycles. The largest absolute Gasteiger partial charge is 0.347 e. The summed E-state index contributed by atoms with van der Waals surface area (Å²) in [5, 5.41) is 0.759. The molecule has 1 aliphatic carbocycles. The number of para-hydroxylation sites is 1. The van der Waals surface area contributed by atoms with Crippen LogP contribution in [0, 0.1) is 6.92 Å². The Hall–Kier alpha value is -1.37. The van der Waals surface area contributed by atoms with Crippen LogP contribution < -0.4 is 10.5 Å². The first-order chi connectivity index (χ1) is 10.8. The summed E-state index contributed by atoms with van der Waals surface area (Å²) in [5.74, 6) is 0. The van der Waals surface area contributed by atoms with Gasteiger partial charge in [-0.2, -0.15) is 0 Å². The summed E-state index contributed by atoms with van der Waals surface area (Å²) in [6.45, 7) is 2.14. The van der Waals surface area contributed by atoms with E-state index < -0.39 is 15.6 Å². The maximum atomic E-state index is 12.9. The van der Waals surface area contributed by atoms with Gasteiger partial charge in [-0.05, 0) is 25.8 Å². The van der Waals surface area contributed by atoms with Gasteiger partial charge in [0.2, 0.25) is 10.0 Å². The van der Waals surface area contributed by atoms with Crippen molar-refractivity contribution >= 4 is 20.9 Å². The number of sulfonamides is 1. The smallest absolute Gasteiger partial charge is 0.243 e. The maximum Gasteiger partial charge on any atom is 0.243 e. The fraction of sp³-hybridized carbons (Fsp3) is 0.529. The van der Waals surface area contributed by atoms with E-state index in [0.717, 1.165) is 42.3 Å². The molecule has 1 fully saturated rings. The average molecular weight is 335 g/mol. The molecule has 1 aromatic heterocycles. The van der Waals surface area contributed by atoms with E-state index in [1.165, 1.54) is 6.42 Å². The first-order valence-electron chi connectivity index (χ1n) is 8.17. The lowest BCUT2D eigenvalue weighted by atomic mass is 9.83. The van der Waals surface area contributed by atoms with Gasteiger partial charge in [-0.1, -0.05) is 37.5 Å². The van der Waals surface area contributed by atoms with Gasteiger partial charge in [0.1, 0.15) is 4.90 Å². The Kier molecular flexibility index (Phi) is 4.25. The van der Waals surface area contributed by atoms with E-state index >= 15 is 0 Å². The van der Waals surface area contributed by atoms with Crippen molar-refractivity contribution in [2.24, 2.45) is 12.8 Å². The predicted molar refractivity (Wildman–Crippen MR) is 92.8 cm³/mol. The third-order valence-corrected chi connectivity index (χ3v) is 6.65. The number of nitrogens with zero attached hydrogens (tertiary/aromatic N) is 1. The Bertz CT molecular complexity index is 818. The monoisotopic (exact) mass is 335 g/mol. The average Bonchev–Trinajstić information content (AvgIpc) is 2.79. The highest BCUT2D eigenvalue weighted by molar-refractivity contribution is 7.89. The molecule has 0 saturated heterocycles. The van der Waals surface area contributed by atoms with Gasteiger partial charge in [0, 0.05) is 35.7 Å². The maximum absolute atomic E-state index is 12.9. The number of hydrogen-bond acceptors (Lipinski definition) is 3. The molecule has 0 radical (unpaired) electrons. The molecule has 0 unspecified atom stereocenters. The van der Waals surface area contributed by atoms with Crippen molar-refractivity contribution < 1.29 is 8.42 Å². The molecule has 3 rings (SSSR count). The fourth-order valence-electron chi connectivity index (χ4n) is 3.57. The Balaban J connectivity index is 1.93. The number of fused-ring (bicyclic) bond motifs is 1. The summed E-state index contributed by atoms with van der Waals surface area (Å²) < 4.78 is 30.5. The summed E-state index contributed by atoms with van der Waals surface area (Å²) in [7, 11) is -1.69. The van der Waals surface area contributed by atoms with Crippen molar-refractivity contribution in [3.05, 3.63) is 30.0 Å². The second kappa shape index (κ2) is 5.92. The SMILES string of the molecule is Cc1c(S(=O)(=O)NCC2(N)CCCCC2)c2ccccc2n1C. The van der Waals surface area contributed by atoms with E-state index in [-0.39, 0.29) is 0 Å². The topological polar surface area (TPSA) is 77.1 Å². The van der Waals surface area contributed by atoms with Gasteiger partial charge in [-0.25, -0.2) is 13.1 Å². The Morgan fingerprint density at radius 3 is 2.57 bits per heavy atom. The number of nitrogens with one attached hydrogen (secondary N) is 1. The minimum atomic E-state index is -3.59. The first-order valence-corrected chi connectivity index (χ1v) is 9.65. The Morgan fingerprint density at radius 1 is 1.22 bits per heavy atom. The zero-order chi connectivity index (χ0) is 16.7. The molecule has 0 spiro atoms. The molecule has 1 aromatic carbocycles. The molecule has 1 aliphatic rings. The van der Waals surface area contributed by atoms with Crippen molar-refractivity contribution in [2.75, 3.05) is 6.54 Å². The molecule has 1 saturated carbocycles. The summed E-state index contributed by atoms with van der Waals surface area (Å²) in [5.41, 5.74) is 7.62. The molecule has 3 N–H and O–H groups in total. The first kappa shape index (κ1) is 16.5. The second-order valence-electron chi connectivity index (χ2n) is 6.74. The number of nitrogens with two attached hydrogens (primary N) is 1. The van der Waals surface area contributed by atoms with Gasteiger partial charge in [0.05, 0.1) is 0 Å². The van der Waals surface area contributed by atoms with Crippen molar-refractivity contribution in [1.29, 1.82) is 0 Å². The summed E-state index contributed by atoms with van der Waals surface area (Å²) in [6.07, 6.45) is 5.10. The number of hydrogen-bond donors (Lipinski definition) is 2. The molecular weight excluding hydrogens is 310 g/mol. The van der Waals surface area contributed by atoms with E-state index in [1.807, 2.05) is 42.8 Å². The van der Waals surface area contributed by atoms with Crippen LogP contribution in [-0.2, 0) is 17.1 Å². The second-order valence-corrected chi connectivity index (χ2v) is 8.44. The van der Waals surface area contributed by atoms with Gasteiger partial charge in [-0.3, -0.25) is 0 Å². The molecule has 23 heavy (non-hydrogen) atoms. The molecule has 1 heterocycles. The van der Waals surface area contributed by atoms with Crippen molar-refractivity contribution in [3.63, 3.8) is 0 Å². The van der Waals surface area contributed by atoms with Crippen LogP contribution in [0.2, 0.25) is 0 Å². The van der Waals surface area contributed by atoms with Gasteiger partial charge in [0.15, 0.2) is 0 Å². The number of benzene rings is 1. The Labute approximate surface area is 137 Å². The molecule has 0 bridgehead atoms. The molecule has 0 atom stereocenters. The van der Waals surface area contributed by atoms with Gasteiger partial charge in [-0.15, -0.1) is 0 Å². The Morgan fingerprint density at radius 2 is 1.87 bits per heavy atom. The summed E-state index contributed by atoms with van der Waals surface area (Å²) >= 11 is 0. The summed E-state index contributed by atoms with van der Waals surface area (Å²) in [4.78, 5) is 0.370. The minimum absolute atomic E-state index is 0.304. The number of aromatic nitrogens is 1. The van der Waals surface area contributed by atoms with Crippen molar-refractivity contribution in [1.82, 2.24) is 9.29 Å². The van der Waals surface area contributed by atoms with E-state index in [4.69, 9.17) is 5.73 Å². The van der Waals surface area contributed by atoms with Gasteiger partial charge >= 0.3 is 0 Å². The van der Waals surface area contributed by atoms with Crippen LogP contribution in [-0.4, -0.2) is 25.1 Å². The van der Waals surface area contributed by atoms with Crippen LogP contribution in [0.1, 0.15) is 37.8 Å². The van der Waals surface area contributed by atoms with Gasteiger partial charge in [0.25, 0.3) is 0 Å². The van der Waals surface area contributed by atoms with Crippen LogP contribution >= 0.6 is 0 Å². The zero-order valence-electron chi connectivity index (χ0n) is 13.8. The lowest BCUT2D eigenvalue weighted by Gasteiger charge is -2.33. The molecule has 126 valence electrons. The molecular formula is C17H25N3O2S. The van der Waals surface area contributed by atoms with Crippen molar-refractivity contribution in [3.8, 4) is 0 Å². The third kappa shape index (κ3) is 3.03. The standard InChI is InChI=1S/C17H25N3O2S/c1-13-16(14-8-4-5-9-15(14)20(13)2)23(21,22)19-12-17(18)10-6-3-7-11-17/h4-5,8-9,19H,3,6-7,10-12,18H2,1-2H3. The summed E-state index contributed by atoms with van der Waals surface area (Å²) in [6, 6.07) is 7.58. The number of aryl methyl sites for hydroxylation is 1. The lowest BCUT2D eigenvalue weighted by molar-refractivity contribution is 0.296. The van der Waals surface area contributed by atoms with Crippen LogP contribution in [0.5, 0.6) is 0 Å². The van der Waals surface area contributed by atoms with Crippen LogP contribution in [0.15, 0.2) is 29.2 Å². The number of rotatable bonds is 4. The predicted octanol–water partition coefficient (Wildman–Crippen LogP) is 2.43.